The molecule has 1 saturated carbocycles. The van der Waals surface area contributed by atoms with Crippen molar-refractivity contribution < 1.29 is 14.3 Å². The number of carbonyl (C=O) groups is 1. The summed E-state index contributed by atoms with van der Waals surface area (Å²) in [6, 6.07) is 13.6. The number of hydrogen-bond donors (Lipinski definition) is 1. The van der Waals surface area contributed by atoms with E-state index in [9.17, 15) is 4.79 Å². The highest BCUT2D eigenvalue weighted by Gasteiger charge is 2.15. The molecular weight excluding hydrogens is 352 g/mol. The van der Waals surface area contributed by atoms with E-state index in [0.29, 0.717) is 23.0 Å². The number of nitrogens with one attached hydrogen (secondary N) is 1. The molecule has 3 rings (SSSR count). The summed E-state index contributed by atoms with van der Waals surface area (Å²) in [6.45, 7) is 1.89. The lowest BCUT2D eigenvalue weighted by atomic mass is 9.84. The van der Waals surface area contributed by atoms with E-state index in [1.807, 2.05) is 6.92 Å². The van der Waals surface area contributed by atoms with Crippen molar-refractivity contribution in [1.82, 2.24) is 5.43 Å². The molecule has 0 bridgehead atoms. The first-order valence-corrected chi connectivity index (χ1v) is 9.79. The van der Waals surface area contributed by atoms with Crippen LogP contribution < -0.4 is 14.9 Å². The van der Waals surface area contributed by atoms with Crippen LogP contribution in [-0.2, 0) is 0 Å². The Morgan fingerprint density at radius 3 is 2.21 bits per heavy atom. The molecule has 1 amide bonds. The number of benzene rings is 2. The first-order chi connectivity index (χ1) is 13.6. The fourth-order valence-corrected chi connectivity index (χ4v) is 3.67. The van der Waals surface area contributed by atoms with Crippen molar-refractivity contribution in [2.75, 3.05) is 14.2 Å². The fourth-order valence-electron chi connectivity index (χ4n) is 3.67. The minimum absolute atomic E-state index is 0.292. The summed E-state index contributed by atoms with van der Waals surface area (Å²) in [5, 5.41) is 4.26. The standard InChI is InChI=1S/C23H28N2O3/c1-16(17-9-11-19(12-10-17)18-7-5-4-6-8-18)24-25-23(26)20-13-14-21(27-2)22(15-20)28-3/h9-15,18H,4-8H2,1-3H3,(H,25,26)/b24-16+. The molecule has 0 aromatic heterocycles. The summed E-state index contributed by atoms with van der Waals surface area (Å²) in [7, 11) is 3.10. The van der Waals surface area contributed by atoms with Gasteiger partial charge in [0.2, 0.25) is 0 Å². The van der Waals surface area contributed by atoms with E-state index in [1.165, 1.54) is 37.7 Å². The first-order valence-electron chi connectivity index (χ1n) is 9.79. The van der Waals surface area contributed by atoms with Crippen LogP contribution in [0.15, 0.2) is 47.6 Å². The normalized spacial score (nSPS) is 15.2. The Hall–Kier alpha value is -2.82. The Balaban J connectivity index is 1.65. The van der Waals surface area contributed by atoms with E-state index in [1.54, 1.807) is 32.4 Å². The van der Waals surface area contributed by atoms with Gasteiger partial charge in [0.25, 0.3) is 5.91 Å². The molecule has 1 N–H and O–H groups in total. The molecule has 2 aromatic rings. The number of rotatable bonds is 6. The molecule has 2 aromatic carbocycles. The van der Waals surface area contributed by atoms with Crippen LogP contribution >= 0.6 is 0 Å². The van der Waals surface area contributed by atoms with Gasteiger partial charge in [0.15, 0.2) is 11.5 Å². The summed E-state index contributed by atoms with van der Waals surface area (Å²) < 4.78 is 10.4. The van der Waals surface area contributed by atoms with Crippen molar-refractivity contribution in [1.29, 1.82) is 0 Å². The average Bonchev–Trinajstić information content (AvgIpc) is 2.77. The maximum atomic E-state index is 12.4. The summed E-state index contributed by atoms with van der Waals surface area (Å²) in [6.07, 6.45) is 6.59. The van der Waals surface area contributed by atoms with Crippen molar-refractivity contribution in [3.63, 3.8) is 0 Å². The largest absolute Gasteiger partial charge is 0.493 e. The van der Waals surface area contributed by atoms with Crippen LogP contribution in [0.4, 0.5) is 0 Å². The lowest BCUT2D eigenvalue weighted by Crippen LogP contribution is -2.19. The van der Waals surface area contributed by atoms with Crippen LogP contribution in [0, 0.1) is 0 Å². The van der Waals surface area contributed by atoms with E-state index < -0.39 is 0 Å². The average molecular weight is 380 g/mol. The van der Waals surface area contributed by atoms with Gasteiger partial charge in [0.1, 0.15) is 0 Å². The zero-order valence-electron chi connectivity index (χ0n) is 16.8. The number of ether oxygens (including phenoxy) is 2. The molecule has 1 aliphatic rings. The van der Waals surface area contributed by atoms with Crippen molar-refractivity contribution in [3.05, 3.63) is 59.2 Å². The highest BCUT2D eigenvalue weighted by Crippen LogP contribution is 2.32. The van der Waals surface area contributed by atoms with Crippen LogP contribution in [0.5, 0.6) is 11.5 Å². The molecule has 0 heterocycles. The van der Waals surface area contributed by atoms with Gasteiger partial charge in [-0.25, -0.2) is 5.43 Å². The molecule has 5 nitrogen and oxygen atoms in total. The molecule has 0 atom stereocenters. The van der Waals surface area contributed by atoms with Gasteiger partial charge >= 0.3 is 0 Å². The van der Waals surface area contributed by atoms with E-state index in [4.69, 9.17) is 9.47 Å². The van der Waals surface area contributed by atoms with Crippen molar-refractivity contribution in [2.24, 2.45) is 5.10 Å². The molecule has 28 heavy (non-hydrogen) atoms. The van der Waals surface area contributed by atoms with Gasteiger partial charge in [-0.3, -0.25) is 4.79 Å². The quantitative estimate of drug-likeness (QED) is 0.572. The topological polar surface area (TPSA) is 59.9 Å². The number of methoxy groups -OCH3 is 2. The molecule has 148 valence electrons. The van der Waals surface area contributed by atoms with Gasteiger partial charge in [-0.15, -0.1) is 0 Å². The molecule has 0 unspecified atom stereocenters. The second kappa shape index (κ2) is 9.40. The summed E-state index contributed by atoms with van der Waals surface area (Å²) in [5.74, 6) is 1.48. The minimum Gasteiger partial charge on any atom is -0.493 e. The molecule has 0 spiro atoms. The molecule has 0 aliphatic heterocycles. The SMILES string of the molecule is COc1ccc(C(=O)N/N=C(\C)c2ccc(C3CCCCC3)cc2)cc1OC. The van der Waals surface area contributed by atoms with Crippen LogP contribution in [0.25, 0.3) is 0 Å². The fraction of sp³-hybridized carbons (Fsp3) is 0.391. The number of hydrogen-bond acceptors (Lipinski definition) is 4. The Morgan fingerprint density at radius 1 is 0.929 bits per heavy atom. The number of amides is 1. The number of nitrogens with zero attached hydrogens (tertiary/aromatic N) is 1. The predicted octanol–water partition coefficient (Wildman–Crippen LogP) is 4.91. The maximum Gasteiger partial charge on any atom is 0.271 e. The van der Waals surface area contributed by atoms with E-state index in [-0.39, 0.29) is 5.91 Å². The predicted molar refractivity (Wildman–Crippen MR) is 111 cm³/mol. The van der Waals surface area contributed by atoms with Gasteiger partial charge in [-0.05, 0) is 55.0 Å². The zero-order chi connectivity index (χ0) is 19.9. The summed E-state index contributed by atoms with van der Waals surface area (Å²) >= 11 is 0. The van der Waals surface area contributed by atoms with Gasteiger partial charge in [-0.1, -0.05) is 43.5 Å². The molecular formula is C23H28N2O3. The number of hydrazone groups is 1. The van der Waals surface area contributed by atoms with Gasteiger partial charge in [0.05, 0.1) is 19.9 Å². The van der Waals surface area contributed by atoms with E-state index in [0.717, 1.165) is 11.3 Å². The van der Waals surface area contributed by atoms with Crippen molar-refractivity contribution in [2.45, 2.75) is 44.9 Å². The lowest BCUT2D eigenvalue weighted by molar-refractivity contribution is 0.0954. The molecule has 5 heteroatoms. The molecule has 1 fully saturated rings. The Bertz CT molecular complexity index is 837. The van der Waals surface area contributed by atoms with E-state index in [2.05, 4.69) is 34.8 Å². The molecule has 0 saturated heterocycles. The summed E-state index contributed by atoms with van der Waals surface area (Å²) in [4.78, 5) is 12.4. The second-order valence-corrected chi connectivity index (χ2v) is 7.16. The Labute approximate surface area is 166 Å². The summed E-state index contributed by atoms with van der Waals surface area (Å²) in [5.41, 5.74) is 6.26. The highest BCUT2D eigenvalue weighted by atomic mass is 16.5. The monoisotopic (exact) mass is 380 g/mol. The first kappa shape index (κ1) is 19.9. The third kappa shape index (κ3) is 4.71. The molecule has 0 radical (unpaired) electrons. The van der Waals surface area contributed by atoms with Crippen LogP contribution in [0.1, 0.15) is 66.4 Å². The van der Waals surface area contributed by atoms with Crippen LogP contribution in [-0.4, -0.2) is 25.8 Å². The molecule has 1 aliphatic carbocycles. The Morgan fingerprint density at radius 2 is 1.57 bits per heavy atom. The zero-order valence-corrected chi connectivity index (χ0v) is 16.8. The maximum absolute atomic E-state index is 12.4. The van der Waals surface area contributed by atoms with Crippen LogP contribution in [0.2, 0.25) is 0 Å². The highest BCUT2D eigenvalue weighted by molar-refractivity contribution is 6.01. The lowest BCUT2D eigenvalue weighted by Gasteiger charge is -2.22. The van der Waals surface area contributed by atoms with Crippen molar-refractivity contribution in [3.8, 4) is 11.5 Å². The van der Waals surface area contributed by atoms with Gasteiger partial charge in [-0.2, -0.15) is 5.10 Å². The second-order valence-electron chi connectivity index (χ2n) is 7.16. The number of carbonyl (C=O) groups excluding carboxylic acids is 1. The minimum atomic E-state index is -0.292. The van der Waals surface area contributed by atoms with Crippen molar-refractivity contribution >= 4 is 11.6 Å². The van der Waals surface area contributed by atoms with Crippen LogP contribution in [0.3, 0.4) is 0 Å². The smallest absolute Gasteiger partial charge is 0.271 e. The van der Waals surface area contributed by atoms with Gasteiger partial charge in [0, 0.05) is 5.56 Å². The Kier molecular flexibility index (Phi) is 6.69. The third-order valence-electron chi connectivity index (χ3n) is 5.38. The third-order valence-corrected chi connectivity index (χ3v) is 5.38. The van der Waals surface area contributed by atoms with E-state index >= 15 is 0 Å². The van der Waals surface area contributed by atoms with Gasteiger partial charge < -0.3 is 9.47 Å².